The fourth-order valence-electron chi connectivity index (χ4n) is 2.09. The van der Waals surface area contributed by atoms with Gasteiger partial charge in [0.15, 0.2) is 0 Å². The second kappa shape index (κ2) is 6.56. The first-order valence-corrected chi connectivity index (χ1v) is 8.64. The fourth-order valence-corrected chi connectivity index (χ4v) is 3.76. The first-order chi connectivity index (χ1) is 9.46. The molecule has 0 atom stereocenters. The van der Waals surface area contributed by atoms with E-state index in [1.165, 1.54) is 0 Å². The van der Waals surface area contributed by atoms with Crippen molar-refractivity contribution in [3.63, 3.8) is 0 Å². The van der Waals surface area contributed by atoms with Crippen molar-refractivity contribution < 1.29 is 13.2 Å². The van der Waals surface area contributed by atoms with E-state index in [9.17, 15) is 13.2 Å². The second-order valence-corrected chi connectivity index (χ2v) is 7.55. The molecule has 20 heavy (non-hydrogen) atoms. The predicted octanol–water partition coefficient (Wildman–Crippen LogP) is 1.45. The van der Waals surface area contributed by atoms with Gasteiger partial charge in [0.2, 0.25) is 5.91 Å². The lowest BCUT2D eigenvalue weighted by molar-refractivity contribution is -0.115. The number of hydrogen-bond acceptors (Lipinski definition) is 4. The summed E-state index contributed by atoms with van der Waals surface area (Å²) in [6, 6.07) is 7.10. The zero-order valence-electron chi connectivity index (χ0n) is 10.9. The summed E-state index contributed by atoms with van der Waals surface area (Å²) in [6.45, 7) is 0.149. The van der Waals surface area contributed by atoms with Crippen molar-refractivity contribution in [2.24, 2.45) is 0 Å². The third-order valence-corrected chi connectivity index (χ3v) is 5.30. The smallest absolute Gasteiger partial charge is 0.238 e. The van der Waals surface area contributed by atoms with E-state index in [2.05, 4.69) is 10.6 Å². The largest absolute Gasteiger partial charge is 0.324 e. The van der Waals surface area contributed by atoms with Gasteiger partial charge in [-0.2, -0.15) is 0 Å². The van der Waals surface area contributed by atoms with E-state index in [4.69, 9.17) is 11.6 Å². The molecule has 1 fully saturated rings. The summed E-state index contributed by atoms with van der Waals surface area (Å²) in [5.74, 6) is 0.194. The van der Waals surface area contributed by atoms with Gasteiger partial charge in [0, 0.05) is 6.04 Å². The van der Waals surface area contributed by atoms with E-state index in [1.807, 2.05) is 0 Å². The lowest BCUT2D eigenvalue weighted by atomic mass is 10.1. The third kappa shape index (κ3) is 4.47. The lowest BCUT2D eigenvalue weighted by Crippen LogP contribution is -2.41. The van der Waals surface area contributed by atoms with Crippen molar-refractivity contribution in [2.75, 3.05) is 23.4 Å². The van der Waals surface area contributed by atoms with Crippen LogP contribution in [-0.4, -0.2) is 38.4 Å². The number of rotatable bonds is 4. The third-order valence-electron chi connectivity index (χ3n) is 3.25. The van der Waals surface area contributed by atoms with Crippen LogP contribution in [0.4, 0.5) is 5.69 Å². The molecule has 1 amide bonds. The maximum absolute atomic E-state index is 11.8. The van der Waals surface area contributed by atoms with Crippen LogP contribution < -0.4 is 10.6 Å². The summed E-state index contributed by atoms with van der Waals surface area (Å²) in [7, 11) is -2.87. The molecule has 1 aliphatic heterocycles. The molecular formula is C13H17ClN2O3S. The van der Waals surface area contributed by atoms with Crippen LogP contribution in [0.15, 0.2) is 24.3 Å². The van der Waals surface area contributed by atoms with Gasteiger partial charge >= 0.3 is 0 Å². The van der Waals surface area contributed by atoms with Gasteiger partial charge in [0.1, 0.15) is 9.84 Å². The van der Waals surface area contributed by atoms with Gasteiger partial charge in [-0.15, -0.1) is 0 Å². The standard InChI is InChI=1S/C13H17ClN2O3S/c14-11-3-1-2-4-12(11)16-13(17)9-15-10-5-7-20(18,19)8-6-10/h1-4,10,15H,5-9H2,(H,16,17). The second-order valence-electron chi connectivity index (χ2n) is 4.84. The van der Waals surface area contributed by atoms with E-state index in [-0.39, 0.29) is 30.0 Å². The van der Waals surface area contributed by atoms with Crippen LogP contribution >= 0.6 is 11.6 Å². The number of sulfone groups is 1. The molecule has 0 spiro atoms. The van der Waals surface area contributed by atoms with Crippen molar-refractivity contribution in [3.8, 4) is 0 Å². The van der Waals surface area contributed by atoms with Gasteiger partial charge in [-0.05, 0) is 25.0 Å². The van der Waals surface area contributed by atoms with Crippen molar-refractivity contribution in [1.29, 1.82) is 0 Å². The molecule has 0 aliphatic carbocycles. The lowest BCUT2D eigenvalue weighted by Gasteiger charge is -2.22. The van der Waals surface area contributed by atoms with Gasteiger partial charge in [0.25, 0.3) is 0 Å². The molecule has 2 N–H and O–H groups in total. The van der Waals surface area contributed by atoms with E-state index in [0.29, 0.717) is 23.6 Å². The number of carbonyl (C=O) groups excluding carboxylic acids is 1. The molecule has 1 saturated heterocycles. The SMILES string of the molecule is O=C(CNC1CCS(=O)(=O)CC1)Nc1ccccc1Cl. The van der Waals surface area contributed by atoms with E-state index < -0.39 is 9.84 Å². The Bertz CT molecular complexity index is 575. The maximum atomic E-state index is 11.8. The number of para-hydroxylation sites is 1. The normalized spacial score (nSPS) is 18.6. The monoisotopic (exact) mass is 316 g/mol. The topological polar surface area (TPSA) is 75.3 Å². The van der Waals surface area contributed by atoms with Gasteiger partial charge in [0.05, 0.1) is 28.8 Å². The molecule has 0 saturated carbocycles. The van der Waals surface area contributed by atoms with Gasteiger partial charge in [-0.25, -0.2) is 8.42 Å². The molecule has 1 heterocycles. The summed E-state index contributed by atoms with van der Waals surface area (Å²) in [6.07, 6.45) is 1.11. The Hall–Kier alpha value is -1.11. The van der Waals surface area contributed by atoms with Crippen molar-refractivity contribution >= 4 is 33.0 Å². The highest BCUT2D eigenvalue weighted by molar-refractivity contribution is 7.91. The molecule has 0 aromatic heterocycles. The predicted molar refractivity (Wildman–Crippen MR) is 79.8 cm³/mol. The average molecular weight is 317 g/mol. The van der Waals surface area contributed by atoms with Crippen LogP contribution in [0.5, 0.6) is 0 Å². The zero-order valence-corrected chi connectivity index (χ0v) is 12.5. The molecule has 7 heteroatoms. The fraction of sp³-hybridized carbons (Fsp3) is 0.462. The Kier molecular flexibility index (Phi) is 5.01. The van der Waals surface area contributed by atoms with Crippen LogP contribution in [0.1, 0.15) is 12.8 Å². The Balaban J connectivity index is 1.77. The first kappa shape index (κ1) is 15.3. The summed E-state index contributed by atoms with van der Waals surface area (Å²) in [4.78, 5) is 11.8. The van der Waals surface area contributed by atoms with Crippen LogP contribution in [0, 0.1) is 0 Å². The van der Waals surface area contributed by atoms with Gasteiger partial charge in [-0.3, -0.25) is 4.79 Å². The quantitative estimate of drug-likeness (QED) is 0.881. The first-order valence-electron chi connectivity index (χ1n) is 6.44. The number of carbonyl (C=O) groups is 1. The minimum Gasteiger partial charge on any atom is -0.324 e. The number of hydrogen-bond donors (Lipinski definition) is 2. The summed E-state index contributed by atoms with van der Waals surface area (Å²) >= 11 is 5.95. The molecule has 1 aromatic carbocycles. The molecule has 0 bridgehead atoms. The van der Waals surface area contributed by atoms with Gasteiger partial charge < -0.3 is 10.6 Å². The van der Waals surface area contributed by atoms with Crippen molar-refractivity contribution in [1.82, 2.24) is 5.32 Å². The van der Waals surface area contributed by atoms with Gasteiger partial charge in [-0.1, -0.05) is 23.7 Å². The Labute approximate surface area is 123 Å². The summed E-state index contributed by atoms with van der Waals surface area (Å²) in [5, 5.41) is 6.28. The Morgan fingerprint density at radius 3 is 2.55 bits per heavy atom. The van der Waals surface area contributed by atoms with E-state index in [1.54, 1.807) is 24.3 Å². The Morgan fingerprint density at radius 2 is 1.90 bits per heavy atom. The van der Waals surface area contributed by atoms with E-state index >= 15 is 0 Å². The summed E-state index contributed by atoms with van der Waals surface area (Å²) < 4.78 is 22.6. The van der Waals surface area contributed by atoms with Crippen LogP contribution in [0.25, 0.3) is 0 Å². The number of nitrogens with one attached hydrogen (secondary N) is 2. The number of halogens is 1. The molecule has 5 nitrogen and oxygen atoms in total. The van der Waals surface area contributed by atoms with Crippen molar-refractivity contribution in [2.45, 2.75) is 18.9 Å². The number of anilines is 1. The Morgan fingerprint density at radius 1 is 1.25 bits per heavy atom. The molecule has 1 aliphatic rings. The molecular weight excluding hydrogens is 300 g/mol. The highest BCUT2D eigenvalue weighted by atomic mass is 35.5. The molecule has 2 rings (SSSR count). The van der Waals surface area contributed by atoms with E-state index in [0.717, 1.165) is 0 Å². The highest BCUT2D eigenvalue weighted by Gasteiger charge is 2.23. The molecule has 0 unspecified atom stereocenters. The minimum atomic E-state index is -2.87. The maximum Gasteiger partial charge on any atom is 0.238 e. The van der Waals surface area contributed by atoms with Crippen LogP contribution in [0.2, 0.25) is 5.02 Å². The average Bonchev–Trinajstić information content (AvgIpc) is 2.40. The molecule has 0 radical (unpaired) electrons. The molecule has 1 aromatic rings. The number of benzene rings is 1. The number of amides is 1. The summed E-state index contributed by atoms with van der Waals surface area (Å²) in [5.41, 5.74) is 0.576. The van der Waals surface area contributed by atoms with Crippen LogP contribution in [0.3, 0.4) is 0 Å². The zero-order chi connectivity index (χ0) is 14.6. The highest BCUT2D eigenvalue weighted by Crippen LogP contribution is 2.20. The van der Waals surface area contributed by atoms with Crippen molar-refractivity contribution in [3.05, 3.63) is 29.3 Å². The van der Waals surface area contributed by atoms with Crippen LogP contribution in [-0.2, 0) is 14.6 Å². The molecule has 110 valence electrons. The minimum absolute atomic E-state index is 0.0792.